The molecule has 0 aliphatic rings. The van der Waals surface area contributed by atoms with Crippen LogP contribution >= 0.6 is 0 Å². The molecule has 0 bridgehead atoms. The van der Waals surface area contributed by atoms with E-state index < -0.39 is 0 Å². The molecule has 7 nitrogen and oxygen atoms in total. The summed E-state index contributed by atoms with van der Waals surface area (Å²) in [5.41, 5.74) is 3.66. The van der Waals surface area contributed by atoms with E-state index in [1.165, 1.54) is 14.2 Å². The van der Waals surface area contributed by atoms with Gasteiger partial charge in [-0.2, -0.15) is 0 Å². The van der Waals surface area contributed by atoms with E-state index in [1.807, 2.05) is 26.0 Å². The second-order valence-electron chi connectivity index (χ2n) is 6.36. The van der Waals surface area contributed by atoms with Crippen molar-refractivity contribution in [3.63, 3.8) is 0 Å². The molecule has 1 aromatic heterocycles. The number of carbonyl (C=O) groups excluding carboxylic acids is 1. The van der Waals surface area contributed by atoms with Crippen LogP contribution in [0.2, 0.25) is 0 Å². The van der Waals surface area contributed by atoms with Crippen LogP contribution in [-0.2, 0) is 0 Å². The zero-order valence-corrected chi connectivity index (χ0v) is 16.2. The average molecular weight is 378 g/mol. The Labute approximate surface area is 163 Å². The lowest BCUT2D eigenvalue weighted by Crippen LogP contribution is -2.14. The normalized spacial score (nSPS) is 10.3. The molecule has 0 aliphatic heterocycles. The SMILES string of the molecule is COc1cc(OC)cc(C(=O)Nc2ccc(Nc3cc(C)cc(C)c3)nn2)c1. The molecular formula is C21H22N4O3. The summed E-state index contributed by atoms with van der Waals surface area (Å²) in [5.74, 6) is 1.66. The van der Waals surface area contributed by atoms with Crippen LogP contribution in [0, 0.1) is 13.8 Å². The van der Waals surface area contributed by atoms with Crippen LogP contribution in [0.5, 0.6) is 11.5 Å². The number of aromatic nitrogens is 2. The van der Waals surface area contributed by atoms with E-state index in [9.17, 15) is 4.79 Å². The van der Waals surface area contributed by atoms with Crippen LogP contribution in [0.3, 0.4) is 0 Å². The molecule has 0 atom stereocenters. The van der Waals surface area contributed by atoms with Crippen molar-refractivity contribution in [3.8, 4) is 11.5 Å². The van der Waals surface area contributed by atoms with Crippen molar-refractivity contribution >= 4 is 23.2 Å². The Bertz CT molecular complexity index is 945. The highest BCUT2D eigenvalue weighted by molar-refractivity contribution is 6.04. The van der Waals surface area contributed by atoms with Gasteiger partial charge in [0.15, 0.2) is 11.6 Å². The maximum atomic E-state index is 12.5. The average Bonchev–Trinajstić information content (AvgIpc) is 2.68. The lowest BCUT2D eigenvalue weighted by Gasteiger charge is -2.10. The molecule has 0 saturated heterocycles. The van der Waals surface area contributed by atoms with Gasteiger partial charge in [-0.25, -0.2) is 0 Å². The summed E-state index contributed by atoms with van der Waals surface area (Å²) < 4.78 is 10.4. The zero-order chi connectivity index (χ0) is 20.1. The number of carbonyl (C=O) groups is 1. The standard InChI is InChI=1S/C21H22N4O3/c1-13-7-14(2)9-16(8-13)22-19-5-6-20(25-24-19)23-21(26)15-10-17(27-3)12-18(11-15)28-4/h5-12H,1-4H3,(H,22,24)(H,23,25,26). The first-order valence-electron chi connectivity index (χ1n) is 8.70. The van der Waals surface area contributed by atoms with Crippen molar-refractivity contribution in [3.05, 3.63) is 65.2 Å². The number of methoxy groups -OCH3 is 2. The molecule has 3 rings (SSSR count). The first kappa shape index (κ1) is 19.2. The molecule has 2 aromatic carbocycles. The number of amides is 1. The molecule has 0 spiro atoms. The molecule has 2 N–H and O–H groups in total. The third kappa shape index (κ3) is 4.76. The Morgan fingerprint density at radius 2 is 1.39 bits per heavy atom. The van der Waals surface area contributed by atoms with Crippen molar-refractivity contribution in [2.24, 2.45) is 0 Å². The third-order valence-electron chi connectivity index (χ3n) is 4.01. The smallest absolute Gasteiger partial charge is 0.257 e. The van der Waals surface area contributed by atoms with Gasteiger partial charge in [0.1, 0.15) is 11.5 Å². The van der Waals surface area contributed by atoms with Gasteiger partial charge in [0.25, 0.3) is 5.91 Å². The van der Waals surface area contributed by atoms with Crippen molar-refractivity contribution in [1.29, 1.82) is 0 Å². The maximum Gasteiger partial charge on any atom is 0.257 e. The number of hydrogen-bond acceptors (Lipinski definition) is 6. The third-order valence-corrected chi connectivity index (χ3v) is 4.01. The van der Waals surface area contributed by atoms with Gasteiger partial charge in [-0.3, -0.25) is 4.79 Å². The van der Waals surface area contributed by atoms with E-state index in [2.05, 4.69) is 26.9 Å². The fourth-order valence-corrected chi connectivity index (χ4v) is 2.79. The number of hydrogen-bond donors (Lipinski definition) is 2. The van der Waals surface area contributed by atoms with Gasteiger partial charge in [0.05, 0.1) is 14.2 Å². The van der Waals surface area contributed by atoms with Crippen molar-refractivity contribution in [2.75, 3.05) is 24.9 Å². The quantitative estimate of drug-likeness (QED) is 0.671. The summed E-state index contributed by atoms with van der Waals surface area (Å²) in [6.45, 7) is 4.08. The van der Waals surface area contributed by atoms with Crippen molar-refractivity contribution in [2.45, 2.75) is 13.8 Å². The number of anilines is 3. The highest BCUT2D eigenvalue weighted by atomic mass is 16.5. The minimum absolute atomic E-state index is 0.332. The van der Waals surface area contributed by atoms with E-state index in [1.54, 1.807) is 30.3 Å². The molecule has 144 valence electrons. The summed E-state index contributed by atoms with van der Waals surface area (Å²) in [5, 5.41) is 14.1. The van der Waals surface area contributed by atoms with E-state index in [0.717, 1.165) is 16.8 Å². The number of aryl methyl sites for hydroxylation is 2. The van der Waals surface area contributed by atoms with Gasteiger partial charge in [0.2, 0.25) is 0 Å². The minimum atomic E-state index is -0.332. The molecule has 7 heteroatoms. The van der Waals surface area contributed by atoms with Gasteiger partial charge in [0, 0.05) is 17.3 Å². The second-order valence-corrected chi connectivity index (χ2v) is 6.36. The van der Waals surface area contributed by atoms with Crippen LogP contribution in [0.1, 0.15) is 21.5 Å². The number of benzene rings is 2. The van der Waals surface area contributed by atoms with Gasteiger partial charge >= 0.3 is 0 Å². The predicted molar refractivity (Wildman–Crippen MR) is 109 cm³/mol. The van der Waals surface area contributed by atoms with E-state index in [4.69, 9.17) is 9.47 Å². The number of nitrogens with zero attached hydrogens (tertiary/aromatic N) is 2. The Hall–Kier alpha value is -3.61. The van der Waals surface area contributed by atoms with Gasteiger partial charge in [-0.15, -0.1) is 10.2 Å². The fourth-order valence-electron chi connectivity index (χ4n) is 2.79. The lowest BCUT2D eigenvalue weighted by atomic mass is 10.1. The molecule has 1 heterocycles. The van der Waals surface area contributed by atoms with Gasteiger partial charge < -0.3 is 20.1 Å². The van der Waals surface area contributed by atoms with E-state index >= 15 is 0 Å². The van der Waals surface area contributed by atoms with E-state index in [0.29, 0.717) is 28.7 Å². The predicted octanol–water partition coefficient (Wildman–Crippen LogP) is 4.11. The van der Waals surface area contributed by atoms with Crippen LogP contribution in [0.4, 0.5) is 17.3 Å². The summed E-state index contributed by atoms with van der Waals surface area (Å²) in [4.78, 5) is 12.5. The monoisotopic (exact) mass is 378 g/mol. The number of nitrogens with one attached hydrogen (secondary N) is 2. The molecule has 3 aromatic rings. The highest BCUT2D eigenvalue weighted by Crippen LogP contribution is 2.23. The van der Waals surface area contributed by atoms with Crippen LogP contribution in [-0.4, -0.2) is 30.3 Å². The minimum Gasteiger partial charge on any atom is -0.497 e. The molecule has 28 heavy (non-hydrogen) atoms. The zero-order valence-electron chi connectivity index (χ0n) is 16.2. The Morgan fingerprint density at radius 1 is 0.821 bits per heavy atom. The molecule has 0 radical (unpaired) electrons. The van der Waals surface area contributed by atoms with Crippen LogP contribution in [0.25, 0.3) is 0 Å². The largest absolute Gasteiger partial charge is 0.497 e. The highest BCUT2D eigenvalue weighted by Gasteiger charge is 2.11. The molecule has 0 saturated carbocycles. The van der Waals surface area contributed by atoms with Gasteiger partial charge in [-0.1, -0.05) is 6.07 Å². The number of ether oxygens (including phenoxy) is 2. The Morgan fingerprint density at radius 3 is 1.93 bits per heavy atom. The molecule has 0 fully saturated rings. The Kier molecular flexibility index (Phi) is 5.74. The fraction of sp³-hybridized carbons (Fsp3) is 0.190. The second kappa shape index (κ2) is 8.39. The van der Waals surface area contributed by atoms with Crippen LogP contribution in [0.15, 0.2) is 48.5 Å². The Balaban J connectivity index is 1.71. The topological polar surface area (TPSA) is 85.4 Å². The summed E-state index contributed by atoms with van der Waals surface area (Å²) in [6, 6.07) is 14.6. The maximum absolute atomic E-state index is 12.5. The van der Waals surface area contributed by atoms with Crippen molar-refractivity contribution < 1.29 is 14.3 Å². The lowest BCUT2D eigenvalue weighted by molar-refractivity contribution is 0.102. The van der Waals surface area contributed by atoms with Crippen LogP contribution < -0.4 is 20.1 Å². The molecule has 0 aliphatic carbocycles. The summed E-state index contributed by atoms with van der Waals surface area (Å²) in [6.07, 6.45) is 0. The summed E-state index contributed by atoms with van der Waals surface area (Å²) in [7, 11) is 3.06. The first-order chi connectivity index (χ1) is 13.5. The van der Waals surface area contributed by atoms with E-state index in [-0.39, 0.29) is 5.91 Å². The summed E-state index contributed by atoms with van der Waals surface area (Å²) >= 11 is 0. The molecule has 1 amide bonds. The molecular weight excluding hydrogens is 356 g/mol. The molecule has 0 unspecified atom stereocenters. The number of rotatable bonds is 6. The first-order valence-corrected chi connectivity index (χ1v) is 8.70. The van der Waals surface area contributed by atoms with Gasteiger partial charge in [-0.05, 0) is 61.4 Å². The van der Waals surface area contributed by atoms with Crippen molar-refractivity contribution in [1.82, 2.24) is 10.2 Å².